The molecule has 0 heterocycles. The molecule has 1 unspecified atom stereocenters. The average molecular weight is 250 g/mol. The highest BCUT2D eigenvalue weighted by molar-refractivity contribution is 7.98. The van der Waals surface area contributed by atoms with E-state index >= 15 is 0 Å². The minimum absolute atomic E-state index is 0.123. The second kappa shape index (κ2) is 9.89. The van der Waals surface area contributed by atoms with Gasteiger partial charge in [-0.1, -0.05) is 0 Å². The van der Waals surface area contributed by atoms with Crippen LogP contribution in [-0.2, 0) is 14.3 Å². The van der Waals surface area contributed by atoms with Gasteiger partial charge in [-0.15, -0.1) is 0 Å². The molecule has 0 rings (SSSR count). The lowest BCUT2D eigenvalue weighted by Gasteiger charge is -2.17. The first-order chi connectivity index (χ1) is 7.65. The van der Waals surface area contributed by atoms with E-state index in [0.29, 0.717) is 19.6 Å². The Morgan fingerprint density at radius 1 is 1.50 bits per heavy atom. The van der Waals surface area contributed by atoms with Crippen molar-refractivity contribution in [1.82, 2.24) is 5.32 Å². The van der Waals surface area contributed by atoms with Gasteiger partial charge in [0.2, 0.25) is 5.91 Å². The summed E-state index contributed by atoms with van der Waals surface area (Å²) in [5.41, 5.74) is 5.71. The number of carbonyl (C=O) groups excluding carboxylic acids is 1. The van der Waals surface area contributed by atoms with Crippen molar-refractivity contribution in [2.75, 3.05) is 39.4 Å². The van der Waals surface area contributed by atoms with Gasteiger partial charge in [0, 0.05) is 20.8 Å². The maximum atomic E-state index is 11.5. The molecule has 6 heteroatoms. The molecule has 0 aromatic carbocycles. The number of nitrogens with two attached hydrogens (primary N) is 1. The first kappa shape index (κ1) is 15.7. The normalized spacial score (nSPS) is 14.5. The van der Waals surface area contributed by atoms with E-state index in [4.69, 9.17) is 15.2 Å². The number of carbonyl (C=O) groups is 1. The van der Waals surface area contributed by atoms with Crippen molar-refractivity contribution in [3.05, 3.63) is 0 Å². The Labute approximate surface area is 101 Å². The zero-order valence-corrected chi connectivity index (χ0v) is 11.0. The molecule has 96 valence electrons. The van der Waals surface area contributed by atoms with Crippen molar-refractivity contribution in [1.29, 1.82) is 0 Å². The molecule has 2 atom stereocenters. The number of hydrogen-bond donors (Lipinski definition) is 2. The molecule has 0 aliphatic heterocycles. The largest absolute Gasteiger partial charge is 0.382 e. The highest BCUT2D eigenvalue weighted by atomic mass is 32.2. The van der Waals surface area contributed by atoms with E-state index in [9.17, 15) is 4.79 Å². The first-order valence-corrected chi connectivity index (χ1v) is 6.59. The molecule has 1 amide bonds. The second-order valence-corrected chi connectivity index (χ2v) is 4.43. The molecular formula is C10H22N2O3S. The van der Waals surface area contributed by atoms with Gasteiger partial charge in [-0.25, -0.2) is 0 Å². The summed E-state index contributed by atoms with van der Waals surface area (Å²) in [6.45, 7) is 0.882. The van der Waals surface area contributed by atoms with Crippen LogP contribution in [0.15, 0.2) is 0 Å². The Bertz CT molecular complexity index is 193. The van der Waals surface area contributed by atoms with E-state index in [0.717, 1.165) is 5.75 Å². The van der Waals surface area contributed by atoms with Crippen LogP contribution in [0.25, 0.3) is 0 Å². The van der Waals surface area contributed by atoms with Gasteiger partial charge in [-0.3, -0.25) is 4.79 Å². The van der Waals surface area contributed by atoms with Crippen LogP contribution in [0.4, 0.5) is 0 Å². The lowest BCUT2D eigenvalue weighted by Crippen LogP contribution is -2.44. The van der Waals surface area contributed by atoms with Gasteiger partial charge < -0.3 is 20.5 Å². The highest BCUT2D eigenvalue weighted by Gasteiger charge is 2.14. The first-order valence-electron chi connectivity index (χ1n) is 5.19. The molecule has 0 saturated carbocycles. The SMILES string of the molecule is COCC(CNC(=O)[C@H](N)CCSC)OC. The summed E-state index contributed by atoms with van der Waals surface area (Å²) in [5.74, 6) is 0.757. The summed E-state index contributed by atoms with van der Waals surface area (Å²) in [6, 6.07) is -0.437. The minimum Gasteiger partial charge on any atom is -0.382 e. The predicted octanol–water partition coefficient (Wildman–Crippen LogP) is -0.156. The molecule has 3 N–H and O–H groups in total. The summed E-state index contributed by atoms with van der Waals surface area (Å²) in [7, 11) is 3.18. The van der Waals surface area contributed by atoms with Crippen LogP contribution in [0.2, 0.25) is 0 Å². The summed E-state index contributed by atoms with van der Waals surface area (Å²) in [6.07, 6.45) is 2.56. The smallest absolute Gasteiger partial charge is 0.237 e. The van der Waals surface area contributed by atoms with Crippen molar-refractivity contribution in [3.8, 4) is 0 Å². The van der Waals surface area contributed by atoms with Crippen LogP contribution in [0, 0.1) is 0 Å². The molecule has 0 radical (unpaired) electrons. The van der Waals surface area contributed by atoms with Gasteiger partial charge in [0.15, 0.2) is 0 Å². The molecule has 0 saturated heterocycles. The van der Waals surface area contributed by atoms with E-state index in [-0.39, 0.29) is 12.0 Å². The van der Waals surface area contributed by atoms with Crippen molar-refractivity contribution in [2.24, 2.45) is 5.73 Å². The Hall–Kier alpha value is -0.300. The molecule has 0 spiro atoms. The molecule has 0 fully saturated rings. The van der Waals surface area contributed by atoms with Gasteiger partial charge in [0.05, 0.1) is 18.8 Å². The van der Waals surface area contributed by atoms with Crippen LogP contribution >= 0.6 is 11.8 Å². The lowest BCUT2D eigenvalue weighted by atomic mass is 10.2. The van der Waals surface area contributed by atoms with Crippen LogP contribution in [0.5, 0.6) is 0 Å². The van der Waals surface area contributed by atoms with E-state index in [1.54, 1.807) is 26.0 Å². The molecule has 0 aliphatic rings. The fourth-order valence-electron chi connectivity index (χ4n) is 1.12. The molecule has 0 aromatic rings. The number of thioether (sulfide) groups is 1. The highest BCUT2D eigenvalue weighted by Crippen LogP contribution is 1.98. The maximum absolute atomic E-state index is 11.5. The van der Waals surface area contributed by atoms with Gasteiger partial charge >= 0.3 is 0 Å². The van der Waals surface area contributed by atoms with Crippen LogP contribution in [0.1, 0.15) is 6.42 Å². The Morgan fingerprint density at radius 3 is 2.69 bits per heavy atom. The molecule has 16 heavy (non-hydrogen) atoms. The molecule has 5 nitrogen and oxygen atoms in total. The van der Waals surface area contributed by atoms with Crippen molar-refractivity contribution in [2.45, 2.75) is 18.6 Å². The van der Waals surface area contributed by atoms with Gasteiger partial charge in [-0.2, -0.15) is 11.8 Å². The topological polar surface area (TPSA) is 73.6 Å². The predicted molar refractivity (Wildman–Crippen MR) is 66.7 cm³/mol. The third-order valence-corrected chi connectivity index (χ3v) is 2.80. The number of hydrogen-bond acceptors (Lipinski definition) is 5. The van der Waals surface area contributed by atoms with Crippen molar-refractivity contribution in [3.63, 3.8) is 0 Å². The van der Waals surface area contributed by atoms with Crippen LogP contribution in [-0.4, -0.2) is 57.4 Å². The Balaban J connectivity index is 3.76. The fourth-order valence-corrected chi connectivity index (χ4v) is 1.61. The maximum Gasteiger partial charge on any atom is 0.237 e. The Kier molecular flexibility index (Phi) is 9.71. The van der Waals surface area contributed by atoms with Gasteiger partial charge in [0.1, 0.15) is 0 Å². The summed E-state index contributed by atoms with van der Waals surface area (Å²) in [5, 5.41) is 2.75. The van der Waals surface area contributed by atoms with E-state index in [2.05, 4.69) is 5.32 Å². The molecule has 0 bridgehead atoms. The molecule has 0 aliphatic carbocycles. The summed E-state index contributed by atoms with van der Waals surface area (Å²) < 4.78 is 10.1. The van der Waals surface area contributed by atoms with Gasteiger partial charge in [-0.05, 0) is 18.4 Å². The average Bonchev–Trinajstić information content (AvgIpc) is 2.30. The van der Waals surface area contributed by atoms with Crippen LogP contribution in [0.3, 0.4) is 0 Å². The number of nitrogens with one attached hydrogen (secondary N) is 1. The van der Waals surface area contributed by atoms with E-state index in [1.807, 2.05) is 6.26 Å². The third kappa shape index (κ3) is 7.05. The second-order valence-electron chi connectivity index (χ2n) is 3.45. The number of rotatable bonds is 9. The minimum atomic E-state index is -0.437. The lowest BCUT2D eigenvalue weighted by molar-refractivity contribution is -0.123. The van der Waals surface area contributed by atoms with Crippen LogP contribution < -0.4 is 11.1 Å². The Morgan fingerprint density at radius 2 is 2.19 bits per heavy atom. The van der Waals surface area contributed by atoms with E-state index in [1.165, 1.54) is 0 Å². The third-order valence-electron chi connectivity index (χ3n) is 2.16. The monoisotopic (exact) mass is 250 g/mol. The number of ether oxygens (including phenoxy) is 2. The summed E-state index contributed by atoms with van der Waals surface area (Å²) >= 11 is 1.68. The zero-order chi connectivity index (χ0) is 12.4. The quantitative estimate of drug-likeness (QED) is 0.595. The molecular weight excluding hydrogens is 228 g/mol. The van der Waals surface area contributed by atoms with E-state index < -0.39 is 6.04 Å². The van der Waals surface area contributed by atoms with Crippen molar-refractivity contribution >= 4 is 17.7 Å². The molecule has 0 aromatic heterocycles. The summed E-state index contributed by atoms with van der Waals surface area (Å²) in [4.78, 5) is 11.5. The fraction of sp³-hybridized carbons (Fsp3) is 0.900. The number of amides is 1. The zero-order valence-electron chi connectivity index (χ0n) is 10.2. The van der Waals surface area contributed by atoms with Crippen molar-refractivity contribution < 1.29 is 14.3 Å². The standard InChI is InChI=1S/C10H22N2O3S/c1-14-7-8(15-2)6-12-10(13)9(11)4-5-16-3/h8-9H,4-7,11H2,1-3H3,(H,12,13)/t8?,9-/m1/s1. The van der Waals surface area contributed by atoms with Gasteiger partial charge in [0.25, 0.3) is 0 Å². The number of methoxy groups -OCH3 is 2.